The summed E-state index contributed by atoms with van der Waals surface area (Å²) in [6.07, 6.45) is 1.78. The molecule has 0 unspecified atom stereocenters. The number of halogens is 1. The molecule has 2 heterocycles. The van der Waals surface area contributed by atoms with Crippen molar-refractivity contribution < 1.29 is 4.74 Å². The van der Waals surface area contributed by atoms with Gasteiger partial charge in [0.1, 0.15) is 11.6 Å². The van der Waals surface area contributed by atoms with Crippen molar-refractivity contribution in [2.45, 2.75) is 6.67 Å². The third-order valence-corrected chi connectivity index (χ3v) is 4.93. The molecule has 4 nitrogen and oxygen atoms in total. The maximum Gasteiger partial charge on any atom is 0.127 e. The average molecular weight is 390 g/mol. The molecule has 4 aromatic rings. The minimum atomic E-state index is 0.561. The maximum atomic E-state index is 6.48. The molecular weight excluding hydrogens is 370 g/mol. The Balaban J connectivity index is 1.76. The Hall–Kier alpha value is -3.24. The highest BCUT2D eigenvalue weighted by Gasteiger charge is 2.14. The SMILES string of the molecule is COc1ccc(-c2ccc(-c3ccccc3Cl)n2CNc2ccccn2)cc1. The van der Waals surface area contributed by atoms with Crippen molar-refractivity contribution in [3.63, 3.8) is 0 Å². The van der Waals surface area contributed by atoms with Gasteiger partial charge >= 0.3 is 0 Å². The normalized spacial score (nSPS) is 10.6. The van der Waals surface area contributed by atoms with E-state index in [0.717, 1.165) is 39.1 Å². The van der Waals surface area contributed by atoms with Crippen LogP contribution in [0.2, 0.25) is 5.02 Å². The van der Waals surface area contributed by atoms with Crippen LogP contribution in [0.3, 0.4) is 0 Å². The Kier molecular flexibility index (Phi) is 5.31. The Morgan fingerprint density at radius 1 is 0.893 bits per heavy atom. The van der Waals surface area contributed by atoms with E-state index in [9.17, 15) is 0 Å². The lowest BCUT2D eigenvalue weighted by atomic mass is 10.1. The van der Waals surface area contributed by atoms with E-state index in [1.165, 1.54) is 0 Å². The third-order valence-electron chi connectivity index (χ3n) is 4.60. The van der Waals surface area contributed by atoms with E-state index in [-0.39, 0.29) is 0 Å². The summed E-state index contributed by atoms with van der Waals surface area (Å²) in [6, 6.07) is 26.0. The van der Waals surface area contributed by atoms with E-state index < -0.39 is 0 Å². The van der Waals surface area contributed by atoms with Crippen molar-refractivity contribution in [2.75, 3.05) is 12.4 Å². The molecule has 4 rings (SSSR count). The number of ether oxygens (including phenoxy) is 1. The summed E-state index contributed by atoms with van der Waals surface area (Å²) < 4.78 is 7.49. The monoisotopic (exact) mass is 389 g/mol. The van der Waals surface area contributed by atoms with Gasteiger partial charge in [-0.25, -0.2) is 4.98 Å². The van der Waals surface area contributed by atoms with Crippen molar-refractivity contribution in [1.29, 1.82) is 0 Å². The Bertz CT molecular complexity index is 1060. The second kappa shape index (κ2) is 8.19. The first-order valence-electron chi connectivity index (χ1n) is 9.00. The molecule has 0 aliphatic heterocycles. The highest BCUT2D eigenvalue weighted by atomic mass is 35.5. The summed E-state index contributed by atoms with van der Waals surface area (Å²) in [5.74, 6) is 1.65. The molecule has 2 aromatic heterocycles. The lowest BCUT2D eigenvalue weighted by Crippen LogP contribution is -2.11. The summed E-state index contributed by atoms with van der Waals surface area (Å²) in [4.78, 5) is 4.36. The van der Waals surface area contributed by atoms with Crippen LogP contribution in [0.4, 0.5) is 5.82 Å². The molecule has 1 N–H and O–H groups in total. The number of hydrogen-bond acceptors (Lipinski definition) is 3. The topological polar surface area (TPSA) is 39.1 Å². The van der Waals surface area contributed by atoms with Gasteiger partial charge in [0.25, 0.3) is 0 Å². The van der Waals surface area contributed by atoms with Crippen molar-refractivity contribution in [3.05, 3.63) is 90.1 Å². The van der Waals surface area contributed by atoms with Crippen LogP contribution in [0.25, 0.3) is 22.5 Å². The first-order chi connectivity index (χ1) is 13.8. The van der Waals surface area contributed by atoms with Crippen LogP contribution in [0, 0.1) is 0 Å². The van der Waals surface area contributed by atoms with Gasteiger partial charge in [0.15, 0.2) is 0 Å². The fourth-order valence-corrected chi connectivity index (χ4v) is 3.42. The van der Waals surface area contributed by atoms with Crippen LogP contribution in [-0.2, 0) is 6.67 Å². The van der Waals surface area contributed by atoms with Crippen molar-refractivity contribution >= 4 is 17.4 Å². The molecule has 5 heteroatoms. The smallest absolute Gasteiger partial charge is 0.127 e. The number of nitrogens with zero attached hydrogens (tertiary/aromatic N) is 2. The van der Waals surface area contributed by atoms with Gasteiger partial charge in [0.2, 0.25) is 0 Å². The van der Waals surface area contributed by atoms with E-state index in [0.29, 0.717) is 6.67 Å². The molecule has 28 heavy (non-hydrogen) atoms. The predicted octanol–water partition coefficient (Wildman–Crippen LogP) is 5.95. The Morgan fingerprint density at radius 3 is 2.36 bits per heavy atom. The quantitative estimate of drug-likeness (QED) is 0.443. The number of nitrogens with one attached hydrogen (secondary N) is 1. The third kappa shape index (κ3) is 3.73. The van der Waals surface area contributed by atoms with E-state index in [4.69, 9.17) is 16.3 Å². The van der Waals surface area contributed by atoms with Crippen LogP contribution >= 0.6 is 11.6 Å². The lowest BCUT2D eigenvalue weighted by Gasteiger charge is -2.16. The molecule has 0 atom stereocenters. The number of benzene rings is 2. The van der Waals surface area contributed by atoms with Crippen LogP contribution in [0.1, 0.15) is 0 Å². The second-order valence-electron chi connectivity index (χ2n) is 6.29. The Morgan fingerprint density at radius 2 is 1.64 bits per heavy atom. The van der Waals surface area contributed by atoms with Gasteiger partial charge in [-0.15, -0.1) is 0 Å². The molecule has 0 aliphatic rings. The molecular formula is C23H20ClN3O. The highest BCUT2D eigenvalue weighted by Crippen LogP contribution is 2.33. The number of methoxy groups -OCH3 is 1. The number of pyridine rings is 1. The summed E-state index contributed by atoms with van der Waals surface area (Å²) in [7, 11) is 1.67. The van der Waals surface area contributed by atoms with Crippen molar-refractivity contribution in [3.8, 4) is 28.3 Å². The molecule has 0 fully saturated rings. The largest absolute Gasteiger partial charge is 0.497 e. The number of aromatic nitrogens is 2. The first-order valence-corrected chi connectivity index (χ1v) is 9.38. The van der Waals surface area contributed by atoms with E-state index in [2.05, 4.69) is 39.1 Å². The van der Waals surface area contributed by atoms with Gasteiger partial charge < -0.3 is 14.6 Å². The molecule has 0 spiro atoms. The van der Waals surface area contributed by atoms with Crippen LogP contribution in [0.15, 0.2) is 85.1 Å². The standard InChI is InChI=1S/C23H20ClN3O/c1-28-18-11-9-17(10-12-18)21-13-14-22(19-6-2-3-7-20(19)24)27(21)16-26-23-8-4-5-15-25-23/h2-15H,16H2,1H3,(H,25,26). The fraction of sp³-hybridized carbons (Fsp3) is 0.0870. The van der Waals surface area contributed by atoms with Crippen LogP contribution in [0.5, 0.6) is 5.75 Å². The second-order valence-corrected chi connectivity index (χ2v) is 6.70. The summed E-state index contributed by atoms with van der Waals surface area (Å²) >= 11 is 6.48. The molecule has 0 amide bonds. The van der Waals surface area contributed by atoms with Gasteiger partial charge in [-0.05, 0) is 60.2 Å². The van der Waals surface area contributed by atoms with Crippen LogP contribution in [-0.4, -0.2) is 16.7 Å². The number of hydrogen-bond donors (Lipinski definition) is 1. The molecule has 0 bridgehead atoms. The van der Waals surface area contributed by atoms with Crippen molar-refractivity contribution in [1.82, 2.24) is 9.55 Å². The van der Waals surface area contributed by atoms with Gasteiger partial charge in [-0.1, -0.05) is 35.9 Å². The number of rotatable bonds is 6. The minimum Gasteiger partial charge on any atom is -0.497 e. The highest BCUT2D eigenvalue weighted by molar-refractivity contribution is 6.33. The van der Waals surface area contributed by atoms with Gasteiger partial charge in [-0.2, -0.15) is 0 Å². The zero-order chi connectivity index (χ0) is 19.3. The van der Waals surface area contributed by atoms with Crippen LogP contribution < -0.4 is 10.1 Å². The zero-order valence-corrected chi connectivity index (χ0v) is 16.2. The van der Waals surface area contributed by atoms with E-state index in [1.807, 2.05) is 54.6 Å². The summed E-state index contributed by atoms with van der Waals surface area (Å²) in [5.41, 5.74) is 4.22. The van der Waals surface area contributed by atoms with E-state index in [1.54, 1.807) is 13.3 Å². The molecule has 0 saturated carbocycles. The molecule has 140 valence electrons. The maximum absolute atomic E-state index is 6.48. The average Bonchev–Trinajstić information content (AvgIpc) is 3.17. The predicted molar refractivity (Wildman–Crippen MR) is 115 cm³/mol. The molecule has 0 radical (unpaired) electrons. The Labute approximate surface area is 169 Å². The number of anilines is 1. The van der Waals surface area contributed by atoms with Gasteiger partial charge in [0.05, 0.1) is 25.2 Å². The molecule has 0 saturated heterocycles. The van der Waals surface area contributed by atoms with Crippen molar-refractivity contribution in [2.24, 2.45) is 0 Å². The lowest BCUT2D eigenvalue weighted by molar-refractivity contribution is 0.415. The molecule has 2 aromatic carbocycles. The van der Waals surface area contributed by atoms with E-state index >= 15 is 0 Å². The fourth-order valence-electron chi connectivity index (χ4n) is 3.18. The van der Waals surface area contributed by atoms with Gasteiger partial charge in [0, 0.05) is 16.8 Å². The van der Waals surface area contributed by atoms with Gasteiger partial charge in [-0.3, -0.25) is 0 Å². The first kappa shape index (κ1) is 18.1. The molecule has 0 aliphatic carbocycles. The minimum absolute atomic E-state index is 0.561. The zero-order valence-electron chi connectivity index (χ0n) is 15.5. The summed E-state index contributed by atoms with van der Waals surface area (Å²) in [5, 5.41) is 4.12. The summed E-state index contributed by atoms with van der Waals surface area (Å²) in [6.45, 7) is 0.561.